The summed E-state index contributed by atoms with van der Waals surface area (Å²) in [5.41, 5.74) is 1.03. The maximum Gasteiger partial charge on any atom is 0.278 e. The predicted molar refractivity (Wildman–Crippen MR) is 54.1 cm³/mol. The van der Waals surface area contributed by atoms with E-state index in [0.29, 0.717) is 11.3 Å². The summed E-state index contributed by atoms with van der Waals surface area (Å²) in [5, 5.41) is 10.8. The molecule has 1 aromatic heterocycles. The molecule has 0 atom stereocenters. The van der Waals surface area contributed by atoms with Crippen LogP contribution in [0.3, 0.4) is 0 Å². The van der Waals surface area contributed by atoms with Crippen molar-refractivity contribution in [2.45, 2.75) is 0 Å². The molecule has 1 aromatic carbocycles. The first kappa shape index (κ1) is 9.26. The lowest BCUT2D eigenvalue weighted by Gasteiger charge is -2.00. The molecule has 0 aliphatic heterocycles. The molecule has 0 radical (unpaired) electrons. The third-order valence-electron chi connectivity index (χ3n) is 1.94. The van der Waals surface area contributed by atoms with E-state index in [4.69, 9.17) is 0 Å². The van der Waals surface area contributed by atoms with E-state index >= 15 is 0 Å². The number of para-hydroxylation sites is 1. The standard InChI is InChI=1S/C10H7N3O2/c14-13(15)10-4-2-1-3-8(10)9-7-11-5-6-12-9/h1-7H. The lowest BCUT2D eigenvalue weighted by atomic mass is 10.1. The molecular weight excluding hydrogens is 194 g/mol. The molecule has 1 heterocycles. The number of nitrogens with zero attached hydrogens (tertiary/aromatic N) is 3. The van der Waals surface area contributed by atoms with E-state index in [9.17, 15) is 10.1 Å². The molecule has 0 saturated heterocycles. The summed E-state index contributed by atoms with van der Waals surface area (Å²) in [6.45, 7) is 0. The summed E-state index contributed by atoms with van der Waals surface area (Å²) in [6, 6.07) is 6.46. The first-order valence-corrected chi connectivity index (χ1v) is 4.29. The number of rotatable bonds is 2. The lowest BCUT2D eigenvalue weighted by molar-refractivity contribution is -0.384. The van der Waals surface area contributed by atoms with Crippen LogP contribution in [0.5, 0.6) is 0 Å². The van der Waals surface area contributed by atoms with Gasteiger partial charge in [0.2, 0.25) is 0 Å². The molecule has 5 nitrogen and oxygen atoms in total. The molecule has 2 rings (SSSR count). The average Bonchev–Trinajstić information content (AvgIpc) is 2.30. The van der Waals surface area contributed by atoms with Gasteiger partial charge in [0.1, 0.15) is 0 Å². The van der Waals surface area contributed by atoms with Gasteiger partial charge in [-0.1, -0.05) is 12.1 Å². The average molecular weight is 201 g/mol. The van der Waals surface area contributed by atoms with E-state index in [1.54, 1.807) is 18.2 Å². The zero-order valence-electron chi connectivity index (χ0n) is 7.70. The van der Waals surface area contributed by atoms with Crippen LogP contribution in [0.4, 0.5) is 5.69 Å². The second-order valence-corrected chi connectivity index (χ2v) is 2.86. The lowest BCUT2D eigenvalue weighted by Crippen LogP contribution is -1.93. The fourth-order valence-electron chi connectivity index (χ4n) is 1.29. The van der Waals surface area contributed by atoms with Crippen LogP contribution in [0.2, 0.25) is 0 Å². The van der Waals surface area contributed by atoms with Crippen molar-refractivity contribution in [2.75, 3.05) is 0 Å². The van der Waals surface area contributed by atoms with Crippen molar-refractivity contribution < 1.29 is 4.92 Å². The number of benzene rings is 1. The fraction of sp³-hybridized carbons (Fsp3) is 0. The van der Waals surface area contributed by atoms with Gasteiger partial charge in [0, 0.05) is 18.5 Å². The van der Waals surface area contributed by atoms with Crippen molar-refractivity contribution in [2.24, 2.45) is 0 Å². The van der Waals surface area contributed by atoms with Crippen molar-refractivity contribution in [3.8, 4) is 11.3 Å². The Bertz CT molecular complexity index is 485. The van der Waals surface area contributed by atoms with Gasteiger partial charge in [-0.3, -0.25) is 20.1 Å². The summed E-state index contributed by atoms with van der Waals surface area (Å²) in [5.74, 6) is 0. The van der Waals surface area contributed by atoms with E-state index in [1.807, 2.05) is 0 Å². The zero-order chi connectivity index (χ0) is 10.7. The van der Waals surface area contributed by atoms with Crippen molar-refractivity contribution in [1.82, 2.24) is 9.97 Å². The second kappa shape index (κ2) is 3.83. The van der Waals surface area contributed by atoms with Crippen LogP contribution < -0.4 is 0 Å². The molecule has 5 heteroatoms. The van der Waals surface area contributed by atoms with Gasteiger partial charge >= 0.3 is 0 Å². The van der Waals surface area contributed by atoms with Crippen molar-refractivity contribution in [3.05, 3.63) is 53.0 Å². The van der Waals surface area contributed by atoms with Gasteiger partial charge in [0.05, 0.1) is 22.4 Å². The highest BCUT2D eigenvalue weighted by molar-refractivity contribution is 5.69. The van der Waals surface area contributed by atoms with Crippen LogP contribution in [0.25, 0.3) is 11.3 Å². The molecule has 0 fully saturated rings. The number of hydrogen-bond acceptors (Lipinski definition) is 4. The molecule has 74 valence electrons. The van der Waals surface area contributed by atoms with Crippen molar-refractivity contribution >= 4 is 5.69 Å². The third kappa shape index (κ3) is 1.80. The van der Waals surface area contributed by atoms with Gasteiger partial charge in [0.25, 0.3) is 5.69 Å². The van der Waals surface area contributed by atoms with Gasteiger partial charge in [-0.2, -0.15) is 0 Å². The summed E-state index contributed by atoms with van der Waals surface area (Å²) in [4.78, 5) is 18.2. The van der Waals surface area contributed by atoms with Crippen LogP contribution in [0.1, 0.15) is 0 Å². The molecule has 2 aromatic rings. The van der Waals surface area contributed by atoms with Gasteiger partial charge in [-0.25, -0.2) is 0 Å². The second-order valence-electron chi connectivity index (χ2n) is 2.86. The minimum Gasteiger partial charge on any atom is -0.261 e. The minimum absolute atomic E-state index is 0.0398. The first-order chi connectivity index (χ1) is 7.29. The molecule has 0 aliphatic rings. The summed E-state index contributed by atoms with van der Waals surface area (Å²) in [7, 11) is 0. The highest BCUT2D eigenvalue weighted by atomic mass is 16.6. The van der Waals surface area contributed by atoms with Crippen molar-refractivity contribution in [1.29, 1.82) is 0 Å². The number of nitro benzene ring substituents is 1. The van der Waals surface area contributed by atoms with E-state index in [2.05, 4.69) is 9.97 Å². The highest BCUT2D eigenvalue weighted by Gasteiger charge is 2.14. The molecule has 0 saturated carbocycles. The van der Waals surface area contributed by atoms with Gasteiger partial charge < -0.3 is 0 Å². The van der Waals surface area contributed by atoms with Gasteiger partial charge in [0.15, 0.2) is 0 Å². The Labute approximate surface area is 85.6 Å². The predicted octanol–water partition coefficient (Wildman–Crippen LogP) is 2.05. The molecule has 0 aliphatic carbocycles. The maximum atomic E-state index is 10.8. The number of nitro groups is 1. The van der Waals surface area contributed by atoms with E-state index in [-0.39, 0.29) is 5.69 Å². The Balaban J connectivity index is 2.58. The highest BCUT2D eigenvalue weighted by Crippen LogP contribution is 2.26. The van der Waals surface area contributed by atoms with Gasteiger partial charge in [-0.05, 0) is 6.07 Å². The van der Waals surface area contributed by atoms with Crippen LogP contribution in [-0.4, -0.2) is 14.9 Å². The fourth-order valence-corrected chi connectivity index (χ4v) is 1.29. The minimum atomic E-state index is -0.427. The Morgan fingerprint density at radius 3 is 2.67 bits per heavy atom. The van der Waals surface area contributed by atoms with Crippen LogP contribution in [0, 0.1) is 10.1 Å². The van der Waals surface area contributed by atoms with E-state index in [1.165, 1.54) is 24.7 Å². The summed E-state index contributed by atoms with van der Waals surface area (Å²) in [6.07, 6.45) is 4.53. The van der Waals surface area contributed by atoms with Crippen molar-refractivity contribution in [3.63, 3.8) is 0 Å². The SMILES string of the molecule is O=[N+]([O-])c1ccccc1-c1cnccn1. The van der Waals surface area contributed by atoms with Crippen LogP contribution in [-0.2, 0) is 0 Å². The molecule has 15 heavy (non-hydrogen) atoms. The Morgan fingerprint density at radius 1 is 1.20 bits per heavy atom. The third-order valence-corrected chi connectivity index (χ3v) is 1.94. The molecule has 0 spiro atoms. The van der Waals surface area contributed by atoms with Crippen LogP contribution in [0.15, 0.2) is 42.9 Å². The zero-order valence-corrected chi connectivity index (χ0v) is 7.70. The Morgan fingerprint density at radius 2 is 2.00 bits per heavy atom. The molecule has 0 unspecified atom stereocenters. The topological polar surface area (TPSA) is 68.9 Å². The maximum absolute atomic E-state index is 10.8. The normalized spacial score (nSPS) is 9.87. The quantitative estimate of drug-likeness (QED) is 0.550. The van der Waals surface area contributed by atoms with E-state index < -0.39 is 4.92 Å². The molecule has 0 bridgehead atoms. The molecule has 0 amide bonds. The largest absolute Gasteiger partial charge is 0.278 e. The summed E-state index contributed by atoms with van der Waals surface area (Å²) < 4.78 is 0. The Hall–Kier alpha value is -2.30. The van der Waals surface area contributed by atoms with Crippen LogP contribution >= 0.6 is 0 Å². The van der Waals surface area contributed by atoms with Gasteiger partial charge in [-0.15, -0.1) is 0 Å². The first-order valence-electron chi connectivity index (χ1n) is 4.29. The summed E-state index contributed by atoms with van der Waals surface area (Å²) >= 11 is 0. The monoisotopic (exact) mass is 201 g/mol. The van der Waals surface area contributed by atoms with E-state index in [0.717, 1.165) is 0 Å². The Kier molecular flexibility index (Phi) is 2.37. The molecule has 0 N–H and O–H groups in total. The smallest absolute Gasteiger partial charge is 0.261 e. The molecular formula is C10H7N3O2. The number of aromatic nitrogens is 2. The number of hydrogen-bond donors (Lipinski definition) is 0.